The van der Waals surface area contributed by atoms with Crippen LogP contribution in [0.5, 0.6) is 0 Å². The molecule has 0 unspecified atom stereocenters. The third-order valence-corrected chi connectivity index (χ3v) is 0. The molecule has 0 rings (SSSR count). The zero-order valence-corrected chi connectivity index (χ0v) is 5.66. The third kappa shape index (κ3) is 72.9. The van der Waals surface area contributed by atoms with Crippen molar-refractivity contribution in [2.24, 2.45) is 0 Å². The maximum absolute atomic E-state index is 6.62. The van der Waals surface area contributed by atoms with E-state index in [0.29, 0.717) is 0 Å². The Morgan fingerprint density at radius 2 is 1.40 bits per heavy atom. The Hall–Kier alpha value is 0.679. The molecule has 0 aromatic carbocycles. The second-order valence-electron chi connectivity index (χ2n) is 0.0816. The van der Waals surface area contributed by atoms with E-state index < -0.39 is 0 Å². The van der Waals surface area contributed by atoms with E-state index in [-0.39, 0.29) is 0 Å². The predicted molar refractivity (Wildman–Crippen MR) is 18.0 cm³/mol. The Bertz CT molecular complexity index is 6.85. The Balaban J connectivity index is 0. The van der Waals surface area contributed by atoms with Crippen molar-refractivity contribution in [2.45, 2.75) is 4.94 Å². The summed E-state index contributed by atoms with van der Waals surface area (Å²) in [5.74, 6) is 0. The molecule has 5 heavy (non-hydrogen) atoms. The summed E-state index contributed by atoms with van der Waals surface area (Å²) >= 11 is 1.55. The quantitative estimate of drug-likeness (QED) is 0.320. The first-order chi connectivity index (χ1) is 2.41. The van der Waals surface area contributed by atoms with Crippen molar-refractivity contribution in [2.75, 3.05) is 0 Å². The fourth-order valence-electron chi connectivity index (χ4n) is 0. The predicted octanol–water partition coefficient (Wildman–Crippen LogP) is 0.152. The van der Waals surface area contributed by atoms with Gasteiger partial charge in [0.2, 0.25) is 0 Å². The molecule has 0 aliphatic heterocycles. The van der Waals surface area contributed by atoms with Crippen LogP contribution in [0.2, 0.25) is 4.94 Å². The van der Waals surface area contributed by atoms with Crippen LogP contribution >= 0.6 is 0 Å². The van der Waals surface area contributed by atoms with Gasteiger partial charge in [0.05, 0.1) is 0 Å². The van der Waals surface area contributed by atoms with Crippen LogP contribution in [0.3, 0.4) is 0 Å². The van der Waals surface area contributed by atoms with E-state index >= 15 is 0 Å². The monoisotopic (exact) mass is 185 g/mol. The molecule has 4 heteroatoms. The third-order valence-electron chi connectivity index (χ3n) is 0. The average Bonchev–Trinajstić information content (AvgIpc) is 1.46. The molecule has 0 saturated heterocycles. The van der Waals surface area contributed by atoms with E-state index in [4.69, 9.17) is 10.5 Å². The molecule has 0 bridgehead atoms. The number of rotatable bonds is 0. The van der Waals surface area contributed by atoms with Crippen LogP contribution in [0, 0.1) is 0 Å². The molecule has 0 heterocycles. The van der Waals surface area contributed by atoms with E-state index in [0.717, 1.165) is 0 Å². The van der Waals surface area contributed by atoms with Crippen LogP contribution < -0.4 is 0 Å². The van der Waals surface area contributed by atoms with Gasteiger partial charge in [0.1, 0.15) is 0 Å². The van der Waals surface area contributed by atoms with Crippen LogP contribution in [0.25, 0.3) is 0 Å². The van der Waals surface area contributed by atoms with Gasteiger partial charge >= 0.3 is 27.5 Å². The second kappa shape index (κ2) is 22.5. The van der Waals surface area contributed by atoms with E-state index in [1.807, 2.05) is 0 Å². The van der Waals surface area contributed by atoms with Gasteiger partial charge in [-0.25, -0.2) is 10.5 Å². The van der Waals surface area contributed by atoms with Crippen molar-refractivity contribution < 1.29 is 15.6 Å². The summed E-state index contributed by atoms with van der Waals surface area (Å²) in [6.45, 7) is 0. The van der Waals surface area contributed by atoms with Crippen LogP contribution in [0.1, 0.15) is 0 Å². The van der Waals surface area contributed by atoms with E-state index in [1.54, 1.807) is 22.5 Å². The summed E-state index contributed by atoms with van der Waals surface area (Å²) in [6.07, 6.45) is 0. The van der Waals surface area contributed by atoms with Gasteiger partial charge in [-0.3, -0.25) is 0 Å². The minimum atomic E-state index is 1.55. The maximum atomic E-state index is 6.62. The SMILES string of the molecule is OOO.[CH3][Sn]. The Morgan fingerprint density at radius 1 is 1.40 bits per heavy atom. The molecule has 0 atom stereocenters. The molecule has 0 aliphatic carbocycles. The van der Waals surface area contributed by atoms with E-state index in [2.05, 4.69) is 9.98 Å². The molecule has 3 radical (unpaired) electrons. The van der Waals surface area contributed by atoms with Crippen LogP contribution in [-0.2, 0) is 5.04 Å². The Labute approximate surface area is 43.5 Å². The summed E-state index contributed by atoms with van der Waals surface area (Å²) in [7, 11) is 0. The first-order valence-electron chi connectivity index (χ1n) is 0.865. The Kier molecular flexibility index (Phi) is 41.3. The topological polar surface area (TPSA) is 49.7 Å². The molecule has 0 amide bonds. The molecule has 2 N–H and O–H groups in total. The zero-order valence-electron chi connectivity index (χ0n) is 2.80. The van der Waals surface area contributed by atoms with Crippen molar-refractivity contribution in [1.82, 2.24) is 0 Å². The van der Waals surface area contributed by atoms with Crippen molar-refractivity contribution in [3.8, 4) is 0 Å². The number of hydrogen-bond donors (Lipinski definition) is 2. The fraction of sp³-hybridized carbons (Fsp3) is 1.00. The van der Waals surface area contributed by atoms with E-state index in [9.17, 15) is 0 Å². The van der Waals surface area contributed by atoms with Crippen molar-refractivity contribution in [1.29, 1.82) is 0 Å². The van der Waals surface area contributed by atoms with Crippen molar-refractivity contribution in [3.63, 3.8) is 0 Å². The van der Waals surface area contributed by atoms with Gasteiger partial charge in [0.25, 0.3) is 0 Å². The molecule has 0 aromatic heterocycles. The molecule has 0 saturated carbocycles. The Morgan fingerprint density at radius 3 is 1.40 bits per heavy atom. The summed E-state index contributed by atoms with van der Waals surface area (Å²) < 4.78 is 0. The van der Waals surface area contributed by atoms with E-state index in [1.165, 1.54) is 0 Å². The van der Waals surface area contributed by atoms with Crippen molar-refractivity contribution >= 4 is 22.5 Å². The summed E-state index contributed by atoms with van der Waals surface area (Å²) in [5, 5.41) is 15.5. The average molecular weight is 184 g/mol. The fourth-order valence-corrected chi connectivity index (χ4v) is 0. The van der Waals surface area contributed by atoms with Gasteiger partial charge in [-0.15, -0.1) is 0 Å². The molecular weight excluding hydrogens is 179 g/mol. The molecule has 0 aromatic rings. The van der Waals surface area contributed by atoms with Gasteiger partial charge in [-0.1, -0.05) is 5.04 Å². The molecule has 0 aliphatic rings. The minimum absolute atomic E-state index is 1.55. The summed E-state index contributed by atoms with van der Waals surface area (Å²) in [6, 6.07) is 0. The van der Waals surface area contributed by atoms with Crippen molar-refractivity contribution in [3.05, 3.63) is 0 Å². The summed E-state index contributed by atoms with van der Waals surface area (Å²) in [4.78, 5) is 2.09. The van der Waals surface area contributed by atoms with Gasteiger partial charge in [0, 0.05) is 0 Å². The summed E-state index contributed by atoms with van der Waals surface area (Å²) in [5.41, 5.74) is 0. The van der Waals surface area contributed by atoms with Crippen LogP contribution in [0.4, 0.5) is 0 Å². The molecule has 0 fully saturated rings. The standard InChI is InChI=1S/CH3.H2O3.Sn/c;1-3-2;/h1H3;1-2H;. The first-order valence-corrected chi connectivity index (χ1v) is 3.72. The van der Waals surface area contributed by atoms with Gasteiger partial charge in [-0.05, 0) is 0 Å². The molecule has 31 valence electrons. The molecule has 3 nitrogen and oxygen atoms in total. The van der Waals surface area contributed by atoms with Gasteiger partial charge in [0.15, 0.2) is 0 Å². The number of hydrogen-bond acceptors (Lipinski definition) is 3. The van der Waals surface area contributed by atoms with Crippen LogP contribution in [0.15, 0.2) is 0 Å². The molecule has 0 spiro atoms. The van der Waals surface area contributed by atoms with Crippen LogP contribution in [-0.4, -0.2) is 33.0 Å². The molecular formula is CH5O3Sn. The first kappa shape index (κ1) is 9.19. The normalized spacial score (nSPS) is 4.80. The van der Waals surface area contributed by atoms with Gasteiger partial charge in [-0.2, -0.15) is 0 Å². The zero-order chi connectivity index (χ0) is 4.71. The second-order valence-corrected chi connectivity index (χ2v) is 0.0816. The van der Waals surface area contributed by atoms with Gasteiger partial charge < -0.3 is 0 Å².